The quantitative estimate of drug-likeness (QED) is 0.413. The molecule has 0 aliphatic heterocycles. The van der Waals surface area contributed by atoms with Gasteiger partial charge in [0.25, 0.3) is 5.43 Å². The third-order valence-corrected chi connectivity index (χ3v) is 5.01. The Balaban J connectivity index is 1.65. The monoisotopic (exact) mass is 446 g/mol. The largest absolute Gasteiger partial charge is 0.491 e. The predicted molar refractivity (Wildman–Crippen MR) is 116 cm³/mol. The van der Waals surface area contributed by atoms with Gasteiger partial charge in [-0.3, -0.25) is 4.79 Å². The van der Waals surface area contributed by atoms with Gasteiger partial charge in [0.15, 0.2) is 17.3 Å². The first-order chi connectivity index (χ1) is 16.0. The maximum atomic E-state index is 15.0. The number of rotatable bonds is 5. The van der Waals surface area contributed by atoms with Gasteiger partial charge >= 0.3 is 0 Å². The van der Waals surface area contributed by atoms with Crippen LogP contribution in [0.15, 0.2) is 84.2 Å². The van der Waals surface area contributed by atoms with Gasteiger partial charge in [0.1, 0.15) is 11.5 Å². The molecule has 0 amide bonds. The van der Waals surface area contributed by atoms with E-state index >= 15 is 4.39 Å². The summed E-state index contributed by atoms with van der Waals surface area (Å²) >= 11 is 0. The summed E-state index contributed by atoms with van der Waals surface area (Å²) in [7, 11) is 1.35. The van der Waals surface area contributed by atoms with Crippen molar-refractivity contribution in [2.24, 2.45) is 0 Å². The third-order valence-electron chi connectivity index (χ3n) is 5.01. The summed E-state index contributed by atoms with van der Waals surface area (Å²) < 4.78 is 37.9. The maximum Gasteiger partial charge on any atom is 0.251 e. The first kappa shape index (κ1) is 20.3. The van der Waals surface area contributed by atoms with Crippen molar-refractivity contribution in [3.63, 3.8) is 0 Å². The number of hydrogen-bond donors (Lipinski definition) is 0. The molecule has 0 radical (unpaired) electrons. The Hall–Kier alpha value is -4.60. The Labute approximate surface area is 185 Å². The average molecular weight is 446 g/mol. The van der Waals surface area contributed by atoms with Crippen molar-refractivity contribution in [1.82, 2.24) is 29.3 Å². The molecule has 10 heteroatoms. The van der Waals surface area contributed by atoms with Gasteiger partial charge in [0.2, 0.25) is 0 Å². The molecule has 8 nitrogen and oxygen atoms in total. The number of hydrogen-bond acceptors (Lipinski definition) is 5. The molecule has 0 saturated carbocycles. The van der Waals surface area contributed by atoms with Gasteiger partial charge in [-0.2, -0.15) is 15.3 Å². The fourth-order valence-corrected chi connectivity index (χ4v) is 3.42. The second kappa shape index (κ2) is 8.15. The van der Waals surface area contributed by atoms with E-state index in [9.17, 15) is 9.18 Å². The van der Waals surface area contributed by atoms with Crippen LogP contribution in [-0.2, 0) is 0 Å². The van der Waals surface area contributed by atoms with Crippen LogP contribution in [0.5, 0.6) is 5.75 Å². The Bertz CT molecular complexity index is 1490. The molecule has 164 valence electrons. The van der Waals surface area contributed by atoms with Crippen LogP contribution in [0.3, 0.4) is 0 Å². The zero-order chi connectivity index (χ0) is 22.9. The van der Waals surface area contributed by atoms with Crippen LogP contribution in [0.1, 0.15) is 0 Å². The molecule has 0 bridgehead atoms. The van der Waals surface area contributed by atoms with Crippen LogP contribution in [0.25, 0.3) is 28.5 Å². The molecule has 5 aromatic rings. The summed E-state index contributed by atoms with van der Waals surface area (Å²) in [4.78, 5) is 13.0. The molecule has 0 spiro atoms. The van der Waals surface area contributed by atoms with Gasteiger partial charge < -0.3 is 4.74 Å². The fraction of sp³-hybridized carbons (Fsp3) is 0.0435. The topological polar surface area (TPSA) is 79.8 Å². The number of aromatic nitrogens is 6. The first-order valence-corrected chi connectivity index (χ1v) is 9.83. The maximum absolute atomic E-state index is 15.0. The lowest BCUT2D eigenvalue weighted by Gasteiger charge is -2.13. The molecule has 0 unspecified atom stereocenters. The zero-order valence-electron chi connectivity index (χ0n) is 17.3. The Morgan fingerprint density at radius 3 is 2.39 bits per heavy atom. The van der Waals surface area contributed by atoms with E-state index in [0.717, 1.165) is 0 Å². The molecule has 2 aromatic carbocycles. The highest BCUT2D eigenvalue weighted by Gasteiger charge is 2.19. The lowest BCUT2D eigenvalue weighted by atomic mass is 10.2. The van der Waals surface area contributed by atoms with Crippen molar-refractivity contribution >= 4 is 0 Å². The number of benzene rings is 2. The summed E-state index contributed by atoms with van der Waals surface area (Å²) in [6.07, 6.45) is 6.10. The van der Waals surface area contributed by atoms with E-state index in [1.165, 1.54) is 69.9 Å². The molecule has 0 fully saturated rings. The fourth-order valence-electron chi connectivity index (χ4n) is 3.42. The van der Waals surface area contributed by atoms with E-state index in [4.69, 9.17) is 4.74 Å². The smallest absolute Gasteiger partial charge is 0.251 e. The van der Waals surface area contributed by atoms with E-state index in [1.54, 1.807) is 30.6 Å². The summed E-state index contributed by atoms with van der Waals surface area (Å²) in [6.45, 7) is 0. The van der Waals surface area contributed by atoms with Gasteiger partial charge in [0.05, 0.1) is 36.6 Å². The van der Waals surface area contributed by atoms with Crippen LogP contribution in [0, 0.1) is 11.6 Å². The molecule has 0 saturated heterocycles. The van der Waals surface area contributed by atoms with E-state index in [0.29, 0.717) is 17.1 Å². The second-order valence-electron chi connectivity index (χ2n) is 7.01. The summed E-state index contributed by atoms with van der Waals surface area (Å²) in [5.74, 6) is -0.995. The number of halogens is 2. The molecule has 0 aliphatic carbocycles. The van der Waals surface area contributed by atoms with Crippen LogP contribution < -0.4 is 10.2 Å². The van der Waals surface area contributed by atoms with Gasteiger partial charge in [-0.05, 0) is 48.5 Å². The molecule has 0 atom stereocenters. The number of ether oxygens (including phenoxy) is 1. The zero-order valence-corrected chi connectivity index (χ0v) is 17.3. The van der Waals surface area contributed by atoms with Gasteiger partial charge in [-0.1, -0.05) is 0 Å². The molecule has 0 N–H and O–H groups in total. The lowest BCUT2D eigenvalue weighted by molar-refractivity contribution is 0.405. The first-order valence-electron chi connectivity index (χ1n) is 9.83. The van der Waals surface area contributed by atoms with Crippen molar-refractivity contribution in [2.45, 2.75) is 0 Å². The van der Waals surface area contributed by atoms with Crippen molar-refractivity contribution in [3.8, 4) is 34.2 Å². The summed E-state index contributed by atoms with van der Waals surface area (Å²) in [5, 5.41) is 12.7. The standard InChI is InChI=1S/C23H16F2N6O2/c1-33-21-14-30(19-8-7-17(13-18(19)25)29-12-2-10-26-29)28-22(23(21)32)20-9-11-27-31(20)16-5-3-15(24)4-6-16/h2-14H,1H3. The molecular weight excluding hydrogens is 430 g/mol. The highest BCUT2D eigenvalue weighted by atomic mass is 19.1. The van der Waals surface area contributed by atoms with Crippen LogP contribution >= 0.6 is 0 Å². The van der Waals surface area contributed by atoms with E-state index < -0.39 is 17.1 Å². The van der Waals surface area contributed by atoms with Crippen LogP contribution in [0.2, 0.25) is 0 Å². The van der Waals surface area contributed by atoms with Crippen molar-refractivity contribution < 1.29 is 13.5 Å². The Morgan fingerprint density at radius 1 is 0.909 bits per heavy atom. The normalized spacial score (nSPS) is 11.0. The van der Waals surface area contributed by atoms with Gasteiger partial charge in [-0.25, -0.2) is 22.8 Å². The number of methoxy groups -OCH3 is 1. The van der Waals surface area contributed by atoms with Crippen molar-refractivity contribution in [1.29, 1.82) is 0 Å². The van der Waals surface area contributed by atoms with Gasteiger partial charge in [-0.15, -0.1) is 0 Å². The molecule has 0 aliphatic rings. The molecule has 33 heavy (non-hydrogen) atoms. The minimum Gasteiger partial charge on any atom is -0.491 e. The summed E-state index contributed by atoms with van der Waals surface area (Å²) in [5.41, 5.74) is 1.01. The van der Waals surface area contributed by atoms with Crippen molar-refractivity contribution in [3.05, 3.63) is 101 Å². The predicted octanol–water partition coefficient (Wildman–Crippen LogP) is 3.56. The highest BCUT2D eigenvalue weighted by molar-refractivity contribution is 5.59. The third kappa shape index (κ3) is 3.67. The SMILES string of the molecule is COc1cn(-c2ccc(-n3cccn3)cc2F)nc(-c2ccnn2-c2ccc(F)cc2)c1=O. The van der Waals surface area contributed by atoms with E-state index in [1.807, 2.05) is 0 Å². The lowest BCUT2D eigenvalue weighted by Crippen LogP contribution is -2.18. The van der Waals surface area contributed by atoms with Crippen LogP contribution in [0.4, 0.5) is 8.78 Å². The molecule has 3 aromatic heterocycles. The van der Waals surface area contributed by atoms with E-state index in [-0.39, 0.29) is 17.1 Å². The highest BCUT2D eigenvalue weighted by Crippen LogP contribution is 2.23. The summed E-state index contributed by atoms with van der Waals surface area (Å²) in [6, 6.07) is 13.5. The minimum atomic E-state index is -0.570. The average Bonchev–Trinajstić information content (AvgIpc) is 3.52. The molecule has 5 rings (SSSR count). The van der Waals surface area contributed by atoms with E-state index in [2.05, 4.69) is 15.3 Å². The van der Waals surface area contributed by atoms with Crippen LogP contribution in [-0.4, -0.2) is 36.5 Å². The Morgan fingerprint density at radius 2 is 1.70 bits per heavy atom. The van der Waals surface area contributed by atoms with Crippen molar-refractivity contribution in [2.75, 3.05) is 7.11 Å². The second-order valence-corrected chi connectivity index (χ2v) is 7.01. The molecule has 3 heterocycles. The van der Waals surface area contributed by atoms with Gasteiger partial charge in [0, 0.05) is 18.5 Å². The Kier molecular flexibility index (Phi) is 5.02. The number of nitrogens with zero attached hydrogens (tertiary/aromatic N) is 6. The minimum absolute atomic E-state index is 0.00766. The molecular formula is C23H16F2N6O2.